The molecule has 0 radical (unpaired) electrons. The van der Waals surface area contributed by atoms with Gasteiger partial charge in [-0.3, -0.25) is 4.79 Å². The second kappa shape index (κ2) is 3.92. The summed E-state index contributed by atoms with van der Waals surface area (Å²) in [5.74, 6) is -0.274. The standard InChI is InChI=1S/C10H10FNOS/c11-8-3-1-5-12(7-8)10(13)9-4-2-6-14-9/h2-4,6H,1,5,7H2. The first-order chi connectivity index (χ1) is 6.77. The summed E-state index contributed by atoms with van der Waals surface area (Å²) in [7, 11) is 0. The van der Waals surface area contributed by atoms with E-state index in [9.17, 15) is 9.18 Å². The quantitative estimate of drug-likeness (QED) is 0.698. The molecule has 14 heavy (non-hydrogen) atoms. The summed E-state index contributed by atoms with van der Waals surface area (Å²) in [5, 5.41) is 1.85. The van der Waals surface area contributed by atoms with E-state index in [0.29, 0.717) is 17.8 Å². The molecule has 1 aromatic heterocycles. The average molecular weight is 211 g/mol. The summed E-state index contributed by atoms with van der Waals surface area (Å²) in [6.07, 6.45) is 2.15. The van der Waals surface area contributed by atoms with Crippen LogP contribution >= 0.6 is 11.3 Å². The zero-order valence-electron chi connectivity index (χ0n) is 7.57. The van der Waals surface area contributed by atoms with Gasteiger partial charge in [-0.2, -0.15) is 0 Å². The number of thiophene rings is 1. The van der Waals surface area contributed by atoms with Crippen LogP contribution in [-0.2, 0) is 0 Å². The fraction of sp³-hybridized carbons (Fsp3) is 0.300. The lowest BCUT2D eigenvalue weighted by Gasteiger charge is -2.23. The van der Waals surface area contributed by atoms with Gasteiger partial charge in [-0.15, -0.1) is 11.3 Å². The van der Waals surface area contributed by atoms with Crippen LogP contribution in [0, 0.1) is 0 Å². The molecule has 0 aromatic carbocycles. The second-order valence-corrected chi connectivity index (χ2v) is 4.09. The fourth-order valence-electron chi connectivity index (χ4n) is 1.43. The first-order valence-corrected chi connectivity index (χ1v) is 5.32. The van der Waals surface area contributed by atoms with Gasteiger partial charge in [0.15, 0.2) is 0 Å². The number of nitrogens with zero attached hydrogens (tertiary/aromatic N) is 1. The van der Waals surface area contributed by atoms with Crippen molar-refractivity contribution in [2.24, 2.45) is 0 Å². The van der Waals surface area contributed by atoms with Gasteiger partial charge in [-0.1, -0.05) is 6.07 Å². The average Bonchev–Trinajstić information content (AvgIpc) is 2.69. The molecule has 0 saturated heterocycles. The van der Waals surface area contributed by atoms with Crippen LogP contribution in [0.1, 0.15) is 16.1 Å². The van der Waals surface area contributed by atoms with E-state index in [2.05, 4.69) is 0 Å². The van der Waals surface area contributed by atoms with E-state index in [0.717, 1.165) is 0 Å². The highest BCUT2D eigenvalue weighted by Gasteiger charge is 2.19. The maximum atomic E-state index is 12.9. The summed E-state index contributed by atoms with van der Waals surface area (Å²) in [4.78, 5) is 14.0. The lowest BCUT2D eigenvalue weighted by molar-refractivity contribution is 0.0760. The molecule has 4 heteroatoms. The predicted octanol–water partition coefficient (Wildman–Crippen LogP) is 2.45. The highest BCUT2D eigenvalue weighted by molar-refractivity contribution is 7.12. The van der Waals surface area contributed by atoms with Crippen molar-refractivity contribution in [3.05, 3.63) is 34.3 Å². The molecule has 74 valence electrons. The van der Waals surface area contributed by atoms with Gasteiger partial charge in [-0.25, -0.2) is 4.39 Å². The van der Waals surface area contributed by atoms with Gasteiger partial charge >= 0.3 is 0 Å². The van der Waals surface area contributed by atoms with Crippen LogP contribution in [-0.4, -0.2) is 23.9 Å². The number of amides is 1. The molecule has 0 unspecified atom stereocenters. The maximum Gasteiger partial charge on any atom is 0.264 e. The van der Waals surface area contributed by atoms with E-state index in [1.807, 2.05) is 11.4 Å². The molecular formula is C10H10FNOS. The molecule has 2 nitrogen and oxygen atoms in total. The minimum atomic E-state index is -0.207. The van der Waals surface area contributed by atoms with Gasteiger partial charge in [0.1, 0.15) is 5.83 Å². The molecule has 2 heterocycles. The summed E-state index contributed by atoms with van der Waals surface area (Å²) in [5.41, 5.74) is 0. The normalized spacial score (nSPS) is 16.6. The number of hydrogen-bond donors (Lipinski definition) is 0. The number of hydrogen-bond acceptors (Lipinski definition) is 2. The van der Waals surface area contributed by atoms with Crippen molar-refractivity contribution in [1.82, 2.24) is 4.90 Å². The van der Waals surface area contributed by atoms with Crippen molar-refractivity contribution in [1.29, 1.82) is 0 Å². The molecule has 0 saturated carbocycles. The van der Waals surface area contributed by atoms with Crippen molar-refractivity contribution in [3.8, 4) is 0 Å². The summed E-state index contributed by atoms with van der Waals surface area (Å²) < 4.78 is 12.9. The third-order valence-corrected chi connectivity index (χ3v) is 2.98. The molecule has 2 rings (SSSR count). The molecular weight excluding hydrogens is 201 g/mol. The molecule has 1 aliphatic rings. The van der Waals surface area contributed by atoms with Crippen LogP contribution in [0.3, 0.4) is 0 Å². The molecule has 0 N–H and O–H groups in total. The number of carbonyl (C=O) groups excluding carboxylic acids is 1. The first kappa shape index (κ1) is 9.40. The van der Waals surface area contributed by atoms with Crippen LogP contribution < -0.4 is 0 Å². The topological polar surface area (TPSA) is 20.3 Å². The number of carbonyl (C=O) groups is 1. The number of halogens is 1. The van der Waals surface area contributed by atoms with E-state index in [1.54, 1.807) is 11.0 Å². The van der Waals surface area contributed by atoms with Gasteiger partial charge in [0.2, 0.25) is 0 Å². The Morgan fingerprint density at radius 3 is 3.07 bits per heavy atom. The lowest BCUT2D eigenvalue weighted by atomic mass is 10.2. The summed E-state index contributed by atoms with van der Waals surface area (Å²) >= 11 is 1.39. The van der Waals surface area contributed by atoms with E-state index in [1.165, 1.54) is 17.4 Å². The van der Waals surface area contributed by atoms with Crippen LogP contribution in [0.5, 0.6) is 0 Å². The molecule has 1 aliphatic heterocycles. The van der Waals surface area contributed by atoms with Gasteiger partial charge in [0, 0.05) is 6.54 Å². The highest BCUT2D eigenvalue weighted by Crippen LogP contribution is 2.16. The summed E-state index contributed by atoms with van der Waals surface area (Å²) in [6, 6.07) is 3.59. The third-order valence-electron chi connectivity index (χ3n) is 2.13. The monoisotopic (exact) mass is 211 g/mol. The van der Waals surface area contributed by atoms with Gasteiger partial charge in [0.05, 0.1) is 11.4 Å². The van der Waals surface area contributed by atoms with Crippen LogP contribution in [0.4, 0.5) is 4.39 Å². The molecule has 0 spiro atoms. The Morgan fingerprint density at radius 2 is 2.43 bits per heavy atom. The van der Waals surface area contributed by atoms with Gasteiger partial charge in [0.25, 0.3) is 5.91 Å². The van der Waals surface area contributed by atoms with Crippen molar-refractivity contribution < 1.29 is 9.18 Å². The zero-order chi connectivity index (χ0) is 9.97. The van der Waals surface area contributed by atoms with Gasteiger partial charge in [-0.05, 0) is 23.9 Å². The van der Waals surface area contributed by atoms with Crippen molar-refractivity contribution in [3.63, 3.8) is 0 Å². The van der Waals surface area contributed by atoms with Crippen LogP contribution in [0.2, 0.25) is 0 Å². The SMILES string of the molecule is O=C(c1cccs1)N1CCC=C(F)C1. The Bertz CT molecular complexity index is 358. The molecule has 0 fully saturated rings. The summed E-state index contributed by atoms with van der Waals surface area (Å²) in [6.45, 7) is 0.737. The van der Waals surface area contributed by atoms with Gasteiger partial charge < -0.3 is 4.90 Å². The smallest absolute Gasteiger partial charge is 0.264 e. The Hall–Kier alpha value is -1.16. The van der Waals surface area contributed by atoms with E-state index < -0.39 is 0 Å². The minimum Gasteiger partial charge on any atom is -0.331 e. The largest absolute Gasteiger partial charge is 0.331 e. The number of rotatable bonds is 1. The van der Waals surface area contributed by atoms with E-state index in [4.69, 9.17) is 0 Å². The fourth-order valence-corrected chi connectivity index (χ4v) is 2.12. The van der Waals surface area contributed by atoms with Crippen molar-refractivity contribution >= 4 is 17.2 Å². The Labute approximate surface area is 85.7 Å². The zero-order valence-corrected chi connectivity index (χ0v) is 8.39. The Kier molecular flexibility index (Phi) is 2.63. The lowest BCUT2D eigenvalue weighted by Crippen LogP contribution is -2.34. The molecule has 0 atom stereocenters. The Morgan fingerprint density at radius 1 is 1.57 bits per heavy atom. The molecule has 1 amide bonds. The van der Waals surface area contributed by atoms with Crippen molar-refractivity contribution in [2.75, 3.05) is 13.1 Å². The first-order valence-electron chi connectivity index (χ1n) is 4.44. The van der Waals surface area contributed by atoms with E-state index in [-0.39, 0.29) is 18.3 Å². The molecule has 0 bridgehead atoms. The Balaban J connectivity index is 2.10. The van der Waals surface area contributed by atoms with Crippen LogP contribution in [0.25, 0.3) is 0 Å². The molecule has 1 aromatic rings. The van der Waals surface area contributed by atoms with E-state index >= 15 is 0 Å². The van der Waals surface area contributed by atoms with Crippen molar-refractivity contribution in [2.45, 2.75) is 6.42 Å². The predicted molar refractivity (Wildman–Crippen MR) is 54.0 cm³/mol. The van der Waals surface area contributed by atoms with Crippen LogP contribution in [0.15, 0.2) is 29.4 Å². The third kappa shape index (κ3) is 1.85. The minimum absolute atomic E-state index is 0.0664. The highest BCUT2D eigenvalue weighted by atomic mass is 32.1. The molecule has 0 aliphatic carbocycles. The second-order valence-electron chi connectivity index (χ2n) is 3.14. The maximum absolute atomic E-state index is 12.9.